The molecule has 0 saturated carbocycles. The zero-order chi connectivity index (χ0) is 106. The molecule has 0 unspecified atom stereocenters. The van der Waals surface area contributed by atoms with Crippen molar-refractivity contribution in [2.24, 2.45) is 38.7 Å². The van der Waals surface area contributed by atoms with Gasteiger partial charge >= 0.3 is 61.0 Å². The number of nitrogens with two attached hydrogens (primary N) is 11. The van der Waals surface area contributed by atoms with Crippen molar-refractivity contribution in [1.82, 2.24) is 61.8 Å². The summed E-state index contributed by atoms with van der Waals surface area (Å²) in [5.41, 5.74) is 68.2. The van der Waals surface area contributed by atoms with Crippen molar-refractivity contribution in [1.29, 1.82) is 5.41 Å². The van der Waals surface area contributed by atoms with Crippen LogP contribution in [-0.4, -0.2) is 208 Å². The first-order valence-electron chi connectivity index (χ1n) is 46.0. The molecule has 796 valence electrons. The summed E-state index contributed by atoms with van der Waals surface area (Å²) in [4.78, 5) is 148. The smallest absolute Gasteiger partial charge is 0.870 e. The fourth-order valence-corrected chi connectivity index (χ4v) is 13.2. The zero-order valence-electron chi connectivity index (χ0n) is 84.2. The van der Waals surface area contributed by atoms with Crippen LogP contribution in [0, 0.1) is 5.41 Å². The summed E-state index contributed by atoms with van der Waals surface area (Å²) < 4.78 is 20.3. The number of unbranched alkanes of at least 4 members (excludes halogenated alkanes) is 4. The van der Waals surface area contributed by atoms with Crippen LogP contribution in [0.1, 0.15) is 241 Å². The van der Waals surface area contributed by atoms with E-state index >= 15 is 0 Å². The number of amidine groups is 1. The number of aromatic nitrogens is 6. The number of aliphatic carboxylic acids is 3. The molecule has 0 bridgehead atoms. The number of alkyl carbamates (subject to hydrolysis) is 3. The minimum Gasteiger partial charge on any atom is -0.870 e. The second-order valence-electron chi connectivity index (χ2n) is 35.3. The topological polar surface area (TPSA) is 783 Å². The Hall–Kier alpha value is -12.0. The van der Waals surface area contributed by atoms with Crippen molar-refractivity contribution in [3.63, 3.8) is 0 Å². The maximum absolute atomic E-state index is 12.3. The average Bonchev–Trinajstić information content (AvgIpc) is 0.839. The molecule has 0 spiro atoms. The number of nitrogens with zero attached hydrogens (tertiary/aromatic N) is 8. The van der Waals surface area contributed by atoms with Gasteiger partial charge in [-0.2, -0.15) is 0 Å². The van der Waals surface area contributed by atoms with Crippen LogP contribution in [0.15, 0.2) is 107 Å². The summed E-state index contributed by atoms with van der Waals surface area (Å²) in [6.45, 7) is 18.0. The molecule has 145 heavy (non-hydrogen) atoms. The Balaban J connectivity index is 0.00000182. The second kappa shape index (κ2) is 69.9. The van der Waals surface area contributed by atoms with Crippen molar-refractivity contribution in [3.05, 3.63) is 174 Å². The number of ether oxygens (including phenoxy) is 4. The fraction of sp³-hybridized carbons (Fsp3) is 0.484. The number of nitrogens with one attached hydrogen (secondary N) is 7. The third-order valence-corrected chi connectivity index (χ3v) is 21.2. The van der Waals surface area contributed by atoms with Crippen molar-refractivity contribution in [2.45, 2.75) is 257 Å². The number of carbonyl (C=O) groups is 10. The molecular weight excluding hydrogens is 2070 g/mol. The number of carbonyl (C=O) groups excluding carboxylic acids is 7. The number of hydrogen-bond donors (Lipinski definition) is 21. The van der Waals surface area contributed by atoms with Gasteiger partial charge in [0.2, 0.25) is 0 Å². The fourth-order valence-electron chi connectivity index (χ4n) is 12.6. The maximum Gasteiger partial charge on any atom is 1.00 e. The van der Waals surface area contributed by atoms with Gasteiger partial charge in [0.15, 0.2) is 84.5 Å². The van der Waals surface area contributed by atoms with E-state index < -0.39 is 101 Å². The molecule has 0 aliphatic carbocycles. The second-order valence-corrected chi connectivity index (χ2v) is 37.2. The van der Waals surface area contributed by atoms with Gasteiger partial charge in [0.05, 0.1) is 7.11 Å². The number of carboxylic acids is 3. The number of nitrogen functional groups attached to an aromatic ring is 6. The minimum absolute atomic E-state index is 0. The van der Waals surface area contributed by atoms with Gasteiger partial charge in [-0.3, -0.25) is 45.2 Å². The van der Waals surface area contributed by atoms with E-state index in [0.29, 0.717) is 51.6 Å². The van der Waals surface area contributed by atoms with E-state index in [1.165, 1.54) is 29.4 Å². The molecule has 7 aromatic rings. The number of benzene rings is 4. The van der Waals surface area contributed by atoms with E-state index in [4.69, 9.17) is 127 Å². The SMILES string of the molecule is CC(C)(C)OC(=O)N[C@H](CCCc1ccc(CCCCN)cc1)C(=O)O.CC(C)(C)OC(=O)N[C@H](CCCc1ccc(CCCCN=C(N)NC(=O)c2nc(Cl)c(N)nc2N)cc1)C(=O)O.COC(=O)[C@@H](CCCc1ccc(CCCCN)cc1)NC(=O)OC(C)(C)C.CSC(=N)NC(=O)c1nc(Cl)c(N)nc1N.I.NC(=NCCCCc1ccc(CCC[C@@H](N)C(=O)O)cc1)NC(=O)c1nc(Cl)c(N)nc1N.[Li+].[OH-]. The molecule has 0 fully saturated rings. The zero-order valence-corrected chi connectivity index (χ0v) is 89.6. The Bertz CT molecular complexity index is 5290. The van der Waals surface area contributed by atoms with Gasteiger partial charge in [0.25, 0.3) is 17.7 Å². The molecule has 0 aliphatic rings. The van der Waals surface area contributed by atoms with Crippen molar-refractivity contribution in [2.75, 3.05) is 73.9 Å². The Labute approximate surface area is 894 Å². The number of anilines is 6. The largest absolute Gasteiger partial charge is 1.00 e. The Morgan fingerprint density at radius 1 is 0.393 bits per heavy atom. The van der Waals surface area contributed by atoms with Gasteiger partial charge in [-0.1, -0.05) is 144 Å². The first-order chi connectivity index (χ1) is 66.8. The molecule has 0 aliphatic heterocycles. The minimum atomic E-state index is -1.10. The van der Waals surface area contributed by atoms with Gasteiger partial charge in [0.1, 0.15) is 41.0 Å². The normalized spacial score (nSPS) is 11.9. The molecule has 33 N–H and O–H groups in total. The summed E-state index contributed by atoms with van der Waals surface area (Å²) in [6, 6.07) is 29.7. The van der Waals surface area contributed by atoms with Crippen molar-refractivity contribution in [3.8, 4) is 0 Å². The number of aliphatic imine (C=N–C) groups is 2. The number of esters is 1. The third kappa shape index (κ3) is 57.5. The molecule has 4 atom stereocenters. The van der Waals surface area contributed by atoms with Gasteiger partial charge in [0, 0.05) is 13.1 Å². The third-order valence-electron chi connectivity index (χ3n) is 19.8. The molecule has 0 saturated heterocycles. The number of amides is 6. The number of thioether (sulfide) groups is 1. The number of methoxy groups -OCH3 is 1. The molecular formula is C95H143Cl3ILiN26O18S. The predicted molar refractivity (Wildman–Crippen MR) is 571 cm³/mol. The van der Waals surface area contributed by atoms with Crippen LogP contribution in [0.2, 0.25) is 15.5 Å². The average molecular weight is 2210 g/mol. The number of aryl methyl sites for hydroxylation is 8. The van der Waals surface area contributed by atoms with Crippen molar-refractivity contribution < 1.29 is 107 Å². The van der Waals surface area contributed by atoms with Gasteiger partial charge in [-0.05, 0) is 280 Å². The standard InChI is InChI=1S/C26H37ClN8O5.C21H29ClN8O3.C21H34N2O4.C20H32N2O4.C7H9ClN6OS.HI.Li.H2O/c1-26(2,3)40-25(39)32-17(23(37)38)9-6-8-16-12-10-15(11-13-16)7-4-5-14-31-24(30)35-22(36)18-20(28)34-21(29)19(27)33-18;22-16-18(25)29-17(24)15(28-16)19(31)30-21(26)27-11-2-1-4-12-7-9-13(10-8-12)5-3-6-14(23)20(32)33;1-21(2,3)27-20(25)23-18(19(24)26-4)10-7-9-17-13-11-16(12-14-17)8-5-6-15-22;1-20(2,3)26-19(25)22-17(18(23)24)9-6-8-16-12-10-15(11-13-16)7-4-5-14-21;1-16-7(11)14-6(15)2-4(9)13-5(10)3(8)12-2;;;/h10-13,17H,4-9,14H2,1-3H3,(H,32,39)(H,37,38)(H4,28,29,34)(H3,30,31,35,36);7-10,14H,1-6,11,23H2,(H,32,33)(H4,24,25,29)(H3,26,27,30,31);11-14,18H,5-10,15,22H2,1-4H3,(H,23,25);10-13,17H,4-9,14,21H2,1-3H3,(H,22,25)(H,23,24);1H3,(H4,9,10,13)(H2,11,14,15);1H;;1H2/q;;;;;;+1;/p-1/t17-;14-;18-;17-;;;;/m1111..../s1. The van der Waals surface area contributed by atoms with Gasteiger partial charge in [-0.15, -0.1) is 24.0 Å². The van der Waals surface area contributed by atoms with Crippen LogP contribution in [0.25, 0.3) is 0 Å². The molecule has 0 radical (unpaired) electrons. The van der Waals surface area contributed by atoms with E-state index in [0.717, 1.165) is 156 Å². The summed E-state index contributed by atoms with van der Waals surface area (Å²) in [5.74, 6) is -6.36. The number of carboxylic acid groups (broad SMARTS) is 3. The Morgan fingerprint density at radius 3 is 0.876 bits per heavy atom. The van der Waals surface area contributed by atoms with Crippen LogP contribution in [0.4, 0.5) is 49.3 Å². The number of hydrogen-bond acceptors (Lipinski definition) is 34. The van der Waals surface area contributed by atoms with E-state index in [1.54, 1.807) is 68.6 Å². The quantitative estimate of drug-likeness (QED) is 0.00325. The molecule has 4 aromatic carbocycles. The summed E-state index contributed by atoms with van der Waals surface area (Å²) >= 11 is 18.2. The first-order valence-corrected chi connectivity index (χ1v) is 48.3. The maximum atomic E-state index is 12.3. The van der Waals surface area contributed by atoms with Gasteiger partial charge in [-0.25, -0.2) is 58.7 Å². The number of guanidine groups is 2. The molecule has 7 rings (SSSR count). The van der Waals surface area contributed by atoms with Crippen LogP contribution >= 0.6 is 70.5 Å². The number of rotatable bonds is 44. The first kappa shape index (κ1) is 133. The molecule has 50 heteroatoms. The molecule has 6 amide bonds. The van der Waals surface area contributed by atoms with Crippen LogP contribution in [0.3, 0.4) is 0 Å². The Kier molecular flexibility index (Phi) is 64.2. The number of halogens is 4. The van der Waals surface area contributed by atoms with Gasteiger partial charge < -0.3 is 124 Å². The van der Waals surface area contributed by atoms with E-state index in [1.807, 2.05) is 36.4 Å². The van der Waals surface area contributed by atoms with Crippen LogP contribution < -0.4 is 114 Å². The van der Waals surface area contributed by atoms with E-state index in [-0.39, 0.29) is 139 Å². The summed E-state index contributed by atoms with van der Waals surface area (Å²) in [6.07, 6.45) is 18.3. The van der Waals surface area contributed by atoms with E-state index in [2.05, 4.69) is 132 Å². The van der Waals surface area contributed by atoms with Crippen molar-refractivity contribution >= 4 is 182 Å². The van der Waals surface area contributed by atoms with Crippen LogP contribution in [0.5, 0.6) is 0 Å². The molecule has 3 aromatic heterocycles. The monoisotopic (exact) mass is 2210 g/mol. The van der Waals surface area contributed by atoms with Crippen LogP contribution in [-0.2, 0) is 89.5 Å². The Morgan fingerprint density at radius 2 is 0.634 bits per heavy atom. The summed E-state index contributed by atoms with van der Waals surface area (Å²) in [5, 5.41) is 48.8. The van der Waals surface area contributed by atoms with E-state index in [9.17, 15) is 58.2 Å². The molecule has 3 heterocycles. The summed E-state index contributed by atoms with van der Waals surface area (Å²) in [7, 11) is 1.31. The predicted octanol–water partition coefficient (Wildman–Crippen LogP) is 8.15. The molecule has 44 nitrogen and oxygen atoms in total.